The monoisotopic (exact) mass is 287 g/mol. The van der Waals surface area contributed by atoms with Gasteiger partial charge in [-0.2, -0.15) is 0 Å². The molecule has 0 unspecified atom stereocenters. The second-order valence-corrected chi connectivity index (χ2v) is 5.23. The van der Waals surface area contributed by atoms with Crippen molar-refractivity contribution in [3.63, 3.8) is 0 Å². The average molecular weight is 288 g/mol. The van der Waals surface area contributed by atoms with Crippen molar-refractivity contribution in [1.29, 1.82) is 0 Å². The highest BCUT2D eigenvalue weighted by atomic mass is 79.9. The zero-order chi connectivity index (χ0) is 12.3. The second-order valence-electron chi connectivity index (χ2n) is 4.44. The minimum atomic E-state index is -0.263. The number of hydrogen-bond donors (Lipinski definition) is 1. The van der Waals surface area contributed by atoms with Gasteiger partial charge in [-0.25, -0.2) is 0 Å². The Morgan fingerprint density at radius 2 is 1.88 bits per heavy atom. The maximum Gasteiger partial charge on any atom is 0.140 e. The number of benzene rings is 1. The topological polar surface area (TPSA) is 44.5 Å². The molecule has 4 heteroatoms. The normalized spacial score (nSPS) is 11.4. The highest BCUT2D eigenvalue weighted by Crippen LogP contribution is 2.38. The number of methoxy groups -OCH3 is 2. The maximum absolute atomic E-state index is 6.01. The van der Waals surface area contributed by atoms with Gasteiger partial charge >= 0.3 is 0 Å². The molecule has 2 N–H and O–H groups in total. The zero-order valence-corrected chi connectivity index (χ0v) is 11.7. The zero-order valence-electron chi connectivity index (χ0n) is 10.1. The predicted molar refractivity (Wildman–Crippen MR) is 69.2 cm³/mol. The molecular weight excluding hydrogens is 270 g/mol. The molecule has 0 amide bonds. The van der Waals surface area contributed by atoms with E-state index in [0.29, 0.717) is 0 Å². The summed E-state index contributed by atoms with van der Waals surface area (Å²) in [6.07, 6.45) is 0.749. The summed E-state index contributed by atoms with van der Waals surface area (Å²) in [7, 11) is 3.28. The lowest BCUT2D eigenvalue weighted by Gasteiger charge is -2.21. The van der Waals surface area contributed by atoms with E-state index in [0.717, 1.165) is 28.0 Å². The molecular formula is C12H18BrNO2. The molecule has 90 valence electrons. The molecule has 3 nitrogen and oxygen atoms in total. The Kier molecular flexibility index (Phi) is 4.21. The van der Waals surface area contributed by atoms with Crippen LogP contribution < -0.4 is 15.2 Å². The van der Waals surface area contributed by atoms with E-state index in [1.165, 1.54) is 0 Å². The summed E-state index contributed by atoms with van der Waals surface area (Å²) < 4.78 is 11.4. The molecule has 0 saturated carbocycles. The first-order chi connectivity index (χ1) is 7.39. The molecule has 0 aliphatic rings. The van der Waals surface area contributed by atoms with Gasteiger partial charge in [-0.05, 0) is 47.8 Å². The van der Waals surface area contributed by atoms with Gasteiger partial charge in [0.15, 0.2) is 0 Å². The van der Waals surface area contributed by atoms with Gasteiger partial charge in [-0.1, -0.05) is 6.07 Å². The van der Waals surface area contributed by atoms with Crippen LogP contribution in [0.1, 0.15) is 19.4 Å². The number of rotatable bonds is 4. The van der Waals surface area contributed by atoms with Crippen LogP contribution >= 0.6 is 15.9 Å². The lowest BCUT2D eigenvalue weighted by atomic mass is 9.95. The van der Waals surface area contributed by atoms with Gasteiger partial charge < -0.3 is 15.2 Å². The van der Waals surface area contributed by atoms with Gasteiger partial charge in [0, 0.05) is 5.54 Å². The Morgan fingerprint density at radius 3 is 2.31 bits per heavy atom. The molecule has 0 spiro atoms. The van der Waals surface area contributed by atoms with Gasteiger partial charge in [-0.3, -0.25) is 0 Å². The Balaban J connectivity index is 3.16. The number of hydrogen-bond acceptors (Lipinski definition) is 3. The van der Waals surface area contributed by atoms with E-state index in [-0.39, 0.29) is 5.54 Å². The minimum Gasteiger partial charge on any atom is -0.495 e. The van der Waals surface area contributed by atoms with Crippen LogP contribution in [-0.2, 0) is 6.42 Å². The van der Waals surface area contributed by atoms with Crippen LogP contribution in [0.5, 0.6) is 11.5 Å². The van der Waals surface area contributed by atoms with Crippen LogP contribution in [0.25, 0.3) is 0 Å². The highest BCUT2D eigenvalue weighted by Gasteiger charge is 2.18. The lowest BCUT2D eigenvalue weighted by molar-refractivity contribution is 0.382. The summed E-state index contributed by atoms with van der Waals surface area (Å²) >= 11 is 3.47. The van der Waals surface area contributed by atoms with Crippen LogP contribution in [0.3, 0.4) is 0 Å². The van der Waals surface area contributed by atoms with E-state index in [2.05, 4.69) is 15.9 Å². The van der Waals surface area contributed by atoms with Crippen LogP contribution in [0, 0.1) is 0 Å². The highest BCUT2D eigenvalue weighted by molar-refractivity contribution is 9.10. The molecule has 0 fully saturated rings. The van der Waals surface area contributed by atoms with Crippen molar-refractivity contribution in [2.45, 2.75) is 25.8 Å². The van der Waals surface area contributed by atoms with E-state index in [9.17, 15) is 0 Å². The molecule has 0 bridgehead atoms. The largest absolute Gasteiger partial charge is 0.495 e. The first-order valence-corrected chi connectivity index (χ1v) is 5.86. The van der Waals surface area contributed by atoms with Gasteiger partial charge in [-0.15, -0.1) is 0 Å². The van der Waals surface area contributed by atoms with Gasteiger partial charge in [0.05, 0.1) is 14.2 Å². The fourth-order valence-electron chi connectivity index (χ4n) is 1.59. The molecule has 0 heterocycles. The molecule has 0 radical (unpaired) electrons. The molecule has 0 aliphatic carbocycles. The number of nitrogens with two attached hydrogens (primary N) is 1. The molecule has 0 atom stereocenters. The molecule has 0 aliphatic heterocycles. The Bertz CT molecular complexity index is 372. The van der Waals surface area contributed by atoms with Crippen molar-refractivity contribution < 1.29 is 9.47 Å². The van der Waals surface area contributed by atoms with Crippen LogP contribution in [0.2, 0.25) is 0 Å². The molecule has 16 heavy (non-hydrogen) atoms. The Hall–Kier alpha value is -0.740. The summed E-state index contributed by atoms with van der Waals surface area (Å²) in [6.45, 7) is 3.98. The quantitative estimate of drug-likeness (QED) is 0.926. The molecule has 1 aromatic rings. The van der Waals surface area contributed by atoms with E-state index in [1.54, 1.807) is 14.2 Å². The summed E-state index contributed by atoms with van der Waals surface area (Å²) in [5.41, 5.74) is 6.82. The van der Waals surface area contributed by atoms with Gasteiger partial charge in [0.2, 0.25) is 0 Å². The standard InChI is InChI=1S/C12H18BrNO2/c1-12(2,14)7-8-5-6-9(15-3)10(13)11(8)16-4/h5-6H,7,14H2,1-4H3. The van der Waals surface area contributed by atoms with Crippen molar-refractivity contribution in [3.05, 3.63) is 22.2 Å². The van der Waals surface area contributed by atoms with Crippen molar-refractivity contribution in [3.8, 4) is 11.5 Å². The number of ether oxygens (including phenoxy) is 2. The van der Waals surface area contributed by atoms with Crippen LogP contribution in [0.4, 0.5) is 0 Å². The smallest absolute Gasteiger partial charge is 0.140 e. The van der Waals surface area contributed by atoms with Crippen molar-refractivity contribution in [1.82, 2.24) is 0 Å². The Morgan fingerprint density at radius 1 is 1.25 bits per heavy atom. The third kappa shape index (κ3) is 3.12. The van der Waals surface area contributed by atoms with Crippen molar-refractivity contribution in [2.75, 3.05) is 14.2 Å². The minimum absolute atomic E-state index is 0.263. The Labute approximate surface area is 105 Å². The first kappa shape index (κ1) is 13.3. The summed E-state index contributed by atoms with van der Waals surface area (Å²) in [5.74, 6) is 1.55. The molecule has 0 aromatic heterocycles. The lowest BCUT2D eigenvalue weighted by Crippen LogP contribution is -2.34. The van der Waals surface area contributed by atoms with Crippen molar-refractivity contribution >= 4 is 15.9 Å². The van der Waals surface area contributed by atoms with Crippen LogP contribution in [-0.4, -0.2) is 19.8 Å². The fourth-order valence-corrected chi connectivity index (χ4v) is 2.30. The fraction of sp³-hybridized carbons (Fsp3) is 0.500. The summed E-state index contributed by atoms with van der Waals surface area (Å²) in [6, 6.07) is 3.89. The predicted octanol–water partition coefficient (Wildman–Crippen LogP) is 2.75. The van der Waals surface area contributed by atoms with Gasteiger partial charge in [0.25, 0.3) is 0 Å². The van der Waals surface area contributed by atoms with E-state index < -0.39 is 0 Å². The van der Waals surface area contributed by atoms with E-state index in [1.807, 2.05) is 26.0 Å². The van der Waals surface area contributed by atoms with E-state index >= 15 is 0 Å². The second kappa shape index (κ2) is 5.06. The maximum atomic E-state index is 6.01. The van der Waals surface area contributed by atoms with Gasteiger partial charge in [0.1, 0.15) is 16.0 Å². The molecule has 0 saturated heterocycles. The summed E-state index contributed by atoms with van der Waals surface area (Å²) in [5, 5.41) is 0. The summed E-state index contributed by atoms with van der Waals surface area (Å²) in [4.78, 5) is 0. The third-order valence-electron chi connectivity index (χ3n) is 2.21. The first-order valence-electron chi connectivity index (χ1n) is 5.07. The number of halogens is 1. The molecule has 1 aromatic carbocycles. The van der Waals surface area contributed by atoms with Crippen molar-refractivity contribution in [2.24, 2.45) is 5.73 Å². The SMILES string of the molecule is COc1ccc(CC(C)(C)N)c(OC)c1Br. The van der Waals surface area contributed by atoms with E-state index in [4.69, 9.17) is 15.2 Å². The third-order valence-corrected chi connectivity index (χ3v) is 2.96. The average Bonchev–Trinajstić information content (AvgIpc) is 2.16. The molecule has 1 rings (SSSR count). The van der Waals surface area contributed by atoms with Crippen LogP contribution in [0.15, 0.2) is 16.6 Å².